The lowest BCUT2D eigenvalue weighted by Gasteiger charge is -2.30. The molecule has 1 saturated heterocycles. The molecule has 3 rings (SSSR count). The number of carbonyl (C=O) groups is 1. The molecule has 2 aromatic carbocycles. The van der Waals surface area contributed by atoms with Gasteiger partial charge in [-0.15, -0.1) is 0 Å². The summed E-state index contributed by atoms with van der Waals surface area (Å²) in [4.78, 5) is 12.3. The SMILES string of the molecule is CC(C)(C)c1ccc(COC(=O)C2CCN(S(=O)(=O)c3ccc(S(N)(=O)=O)cc3)CC2)cc1. The van der Waals surface area contributed by atoms with E-state index < -0.39 is 20.0 Å². The number of piperidine rings is 1. The van der Waals surface area contributed by atoms with Gasteiger partial charge in [-0.1, -0.05) is 45.0 Å². The minimum absolute atomic E-state index is 0.0189. The number of hydrogen-bond acceptors (Lipinski definition) is 6. The molecule has 0 bridgehead atoms. The highest BCUT2D eigenvalue weighted by atomic mass is 32.2. The van der Waals surface area contributed by atoms with Crippen molar-refractivity contribution in [2.75, 3.05) is 13.1 Å². The maximum absolute atomic E-state index is 12.9. The van der Waals surface area contributed by atoms with Crippen LogP contribution in [0.3, 0.4) is 0 Å². The van der Waals surface area contributed by atoms with Crippen LogP contribution in [0.2, 0.25) is 0 Å². The van der Waals surface area contributed by atoms with Crippen molar-refractivity contribution in [3.05, 3.63) is 59.7 Å². The second kappa shape index (κ2) is 9.54. The first-order valence-corrected chi connectivity index (χ1v) is 13.7. The number of benzene rings is 2. The van der Waals surface area contributed by atoms with Crippen molar-refractivity contribution in [3.8, 4) is 0 Å². The van der Waals surface area contributed by atoms with E-state index in [0.29, 0.717) is 12.8 Å². The Morgan fingerprint density at radius 3 is 1.94 bits per heavy atom. The van der Waals surface area contributed by atoms with Crippen LogP contribution in [0, 0.1) is 5.92 Å². The molecule has 1 heterocycles. The fraction of sp³-hybridized carbons (Fsp3) is 0.435. The zero-order valence-corrected chi connectivity index (χ0v) is 20.7. The first kappa shape index (κ1) is 25.4. The van der Waals surface area contributed by atoms with E-state index in [0.717, 1.165) is 5.56 Å². The number of hydrogen-bond donors (Lipinski definition) is 1. The van der Waals surface area contributed by atoms with E-state index in [1.54, 1.807) is 0 Å². The second-order valence-corrected chi connectivity index (χ2v) is 12.7. The van der Waals surface area contributed by atoms with Gasteiger partial charge in [-0.2, -0.15) is 4.31 Å². The summed E-state index contributed by atoms with van der Waals surface area (Å²) in [6.07, 6.45) is 0.715. The predicted molar refractivity (Wildman–Crippen MR) is 124 cm³/mol. The van der Waals surface area contributed by atoms with Crippen molar-refractivity contribution >= 4 is 26.0 Å². The first-order chi connectivity index (χ1) is 15.3. The van der Waals surface area contributed by atoms with E-state index in [2.05, 4.69) is 20.8 Å². The van der Waals surface area contributed by atoms with Gasteiger partial charge in [0.15, 0.2) is 0 Å². The van der Waals surface area contributed by atoms with E-state index >= 15 is 0 Å². The Morgan fingerprint density at radius 2 is 1.45 bits per heavy atom. The molecular formula is C23H30N2O6S2. The third-order valence-electron chi connectivity index (χ3n) is 5.78. The second-order valence-electron chi connectivity index (χ2n) is 9.25. The molecule has 0 aromatic heterocycles. The Hall–Kier alpha value is -2.27. The minimum atomic E-state index is -3.90. The molecule has 0 spiro atoms. The van der Waals surface area contributed by atoms with Crippen LogP contribution >= 0.6 is 0 Å². The number of carbonyl (C=O) groups excluding carboxylic acids is 1. The van der Waals surface area contributed by atoms with Gasteiger partial charge < -0.3 is 4.74 Å². The highest BCUT2D eigenvalue weighted by molar-refractivity contribution is 7.89. The summed E-state index contributed by atoms with van der Waals surface area (Å²) in [6.45, 7) is 6.94. The van der Waals surface area contributed by atoms with Gasteiger partial charge in [0.05, 0.1) is 15.7 Å². The molecular weight excluding hydrogens is 464 g/mol. The third-order valence-corrected chi connectivity index (χ3v) is 8.62. The van der Waals surface area contributed by atoms with E-state index in [1.807, 2.05) is 24.3 Å². The summed E-state index contributed by atoms with van der Waals surface area (Å²) in [6, 6.07) is 12.7. The van der Waals surface area contributed by atoms with E-state index in [4.69, 9.17) is 9.88 Å². The van der Waals surface area contributed by atoms with Crippen LogP contribution in [-0.2, 0) is 41.6 Å². The van der Waals surface area contributed by atoms with Gasteiger partial charge in [-0.05, 0) is 53.6 Å². The molecule has 8 nitrogen and oxygen atoms in total. The predicted octanol–water partition coefficient (Wildman–Crippen LogP) is 2.78. The Balaban J connectivity index is 1.55. The monoisotopic (exact) mass is 494 g/mol. The standard InChI is InChI=1S/C23H30N2O6S2/c1-23(2,3)19-6-4-17(5-7-19)16-31-22(26)18-12-14-25(15-13-18)33(29,30)21-10-8-20(9-11-21)32(24,27)28/h4-11,18H,12-16H2,1-3H3,(H2,24,27,28). The molecule has 0 saturated carbocycles. The number of ether oxygens (including phenoxy) is 1. The van der Waals surface area contributed by atoms with Crippen LogP contribution in [0.15, 0.2) is 58.3 Å². The third kappa shape index (κ3) is 6.20. The van der Waals surface area contributed by atoms with Crippen LogP contribution in [0.25, 0.3) is 0 Å². The summed E-state index contributed by atoms with van der Waals surface area (Å²) < 4.78 is 55.2. The van der Waals surface area contributed by atoms with Crippen LogP contribution in [0.4, 0.5) is 0 Å². The number of esters is 1. The Labute approximate surface area is 195 Å². The topological polar surface area (TPSA) is 124 Å². The highest BCUT2D eigenvalue weighted by Gasteiger charge is 2.33. The Bertz CT molecular complexity index is 1190. The van der Waals surface area contributed by atoms with Gasteiger partial charge in [0.1, 0.15) is 6.61 Å². The van der Waals surface area contributed by atoms with Gasteiger partial charge in [-0.3, -0.25) is 4.79 Å². The lowest BCUT2D eigenvalue weighted by molar-refractivity contribution is -0.151. The molecule has 0 amide bonds. The van der Waals surface area contributed by atoms with E-state index in [1.165, 1.54) is 34.1 Å². The molecule has 2 N–H and O–H groups in total. The molecule has 180 valence electrons. The summed E-state index contributed by atoms with van der Waals surface area (Å²) in [5, 5.41) is 5.06. The van der Waals surface area contributed by atoms with Gasteiger partial charge >= 0.3 is 5.97 Å². The number of sulfonamides is 2. The van der Waals surface area contributed by atoms with E-state index in [-0.39, 0.29) is 46.8 Å². The van der Waals surface area contributed by atoms with Crippen LogP contribution in [-0.4, -0.2) is 40.2 Å². The van der Waals surface area contributed by atoms with E-state index in [9.17, 15) is 21.6 Å². The van der Waals surface area contributed by atoms with Crippen molar-refractivity contribution in [3.63, 3.8) is 0 Å². The molecule has 2 aromatic rings. The van der Waals surface area contributed by atoms with Gasteiger partial charge in [-0.25, -0.2) is 22.0 Å². The van der Waals surface area contributed by atoms with Crippen LogP contribution in [0.5, 0.6) is 0 Å². The summed E-state index contributed by atoms with van der Waals surface area (Å²) in [5.41, 5.74) is 2.15. The minimum Gasteiger partial charge on any atom is -0.461 e. The summed E-state index contributed by atoms with van der Waals surface area (Å²) in [5.74, 6) is -0.695. The highest BCUT2D eigenvalue weighted by Crippen LogP contribution is 2.26. The smallest absolute Gasteiger partial charge is 0.309 e. The Kier molecular flexibility index (Phi) is 7.33. The molecule has 10 heteroatoms. The molecule has 0 atom stereocenters. The normalized spacial score (nSPS) is 16.5. The van der Waals surface area contributed by atoms with Gasteiger partial charge in [0.2, 0.25) is 20.0 Å². The maximum Gasteiger partial charge on any atom is 0.309 e. The molecule has 0 unspecified atom stereocenters. The van der Waals surface area contributed by atoms with Crippen LogP contribution < -0.4 is 5.14 Å². The van der Waals surface area contributed by atoms with Crippen molar-refractivity contribution < 1.29 is 26.4 Å². The van der Waals surface area contributed by atoms with Gasteiger partial charge in [0.25, 0.3) is 0 Å². The largest absolute Gasteiger partial charge is 0.461 e. The molecule has 33 heavy (non-hydrogen) atoms. The Morgan fingerprint density at radius 1 is 0.939 bits per heavy atom. The van der Waals surface area contributed by atoms with Crippen LogP contribution in [0.1, 0.15) is 44.7 Å². The number of primary sulfonamides is 1. The number of rotatable bonds is 6. The van der Waals surface area contributed by atoms with Crippen molar-refractivity contribution in [1.82, 2.24) is 4.31 Å². The van der Waals surface area contributed by atoms with Crippen molar-refractivity contribution in [2.24, 2.45) is 11.1 Å². The molecule has 1 fully saturated rings. The zero-order chi connectivity index (χ0) is 24.4. The number of nitrogens with two attached hydrogens (primary N) is 1. The summed E-state index contributed by atoms with van der Waals surface area (Å²) in [7, 11) is -7.70. The average Bonchev–Trinajstić information content (AvgIpc) is 2.76. The van der Waals surface area contributed by atoms with Crippen molar-refractivity contribution in [1.29, 1.82) is 0 Å². The average molecular weight is 495 g/mol. The van der Waals surface area contributed by atoms with Gasteiger partial charge in [0, 0.05) is 13.1 Å². The zero-order valence-electron chi connectivity index (χ0n) is 19.0. The molecule has 0 radical (unpaired) electrons. The molecule has 0 aliphatic carbocycles. The maximum atomic E-state index is 12.9. The first-order valence-electron chi connectivity index (χ1n) is 10.7. The fourth-order valence-electron chi connectivity index (χ4n) is 3.66. The van der Waals surface area contributed by atoms with Crippen molar-refractivity contribution in [2.45, 2.75) is 55.4 Å². The molecule has 1 aliphatic heterocycles. The quantitative estimate of drug-likeness (QED) is 0.616. The number of nitrogens with zero attached hydrogens (tertiary/aromatic N) is 1. The lowest BCUT2D eigenvalue weighted by atomic mass is 9.87. The lowest BCUT2D eigenvalue weighted by Crippen LogP contribution is -2.40. The fourth-order valence-corrected chi connectivity index (χ4v) is 5.64. The molecule has 1 aliphatic rings. The summed E-state index contributed by atoms with van der Waals surface area (Å²) >= 11 is 0.